The van der Waals surface area contributed by atoms with Crippen molar-refractivity contribution in [3.05, 3.63) is 122 Å². The molecular formula is C40H53N8O5+. The number of aryl methyl sites for hydroxylation is 2. The van der Waals surface area contributed by atoms with Crippen molar-refractivity contribution >= 4 is 17.7 Å². The number of nitro benzene ring substituents is 1. The third-order valence-electron chi connectivity index (χ3n) is 9.38. The number of nitro groups is 1. The first-order chi connectivity index (χ1) is 25.3. The summed E-state index contributed by atoms with van der Waals surface area (Å²) in [5, 5.41) is 22.7. The fourth-order valence-corrected chi connectivity index (χ4v) is 6.04. The number of carbonyl (C=O) groups is 2. The van der Waals surface area contributed by atoms with Gasteiger partial charge < -0.3 is 35.8 Å². The number of hydrogen-bond donors (Lipinski definition) is 5. The minimum absolute atomic E-state index is 0.00404. The number of ether oxygens (including phenoxy) is 1. The number of nitrogens with zero attached hydrogens (tertiary/aromatic N) is 3. The van der Waals surface area contributed by atoms with Crippen molar-refractivity contribution in [2.24, 2.45) is 0 Å². The Morgan fingerprint density at radius 1 is 0.811 bits per heavy atom. The predicted molar refractivity (Wildman–Crippen MR) is 207 cm³/mol. The lowest BCUT2D eigenvalue weighted by Gasteiger charge is -2.25. The topological polar surface area (TPSA) is 155 Å². The first-order valence-corrected chi connectivity index (χ1v) is 17.8. The molecule has 4 rings (SSSR count). The first-order valence-electron chi connectivity index (χ1n) is 17.8. The van der Waals surface area contributed by atoms with Gasteiger partial charge in [-0.05, 0) is 73.8 Å². The number of quaternary nitrogens is 1. The van der Waals surface area contributed by atoms with E-state index in [0.717, 1.165) is 40.8 Å². The Kier molecular flexibility index (Phi) is 14.7. The fourth-order valence-electron chi connectivity index (χ4n) is 6.04. The zero-order valence-electron chi connectivity index (χ0n) is 31.8. The van der Waals surface area contributed by atoms with Crippen LogP contribution in [0.15, 0.2) is 78.9 Å². The number of carbonyl (C=O) groups excluding carboxylic acids is 2. The van der Waals surface area contributed by atoms with Crippen molar-refractivity contribution in [1.29, 1.82) is 0 Å². The molecule has 0 saturated heterocycles. The van der Waals surface area contributed by atoms with Gasteiger partial charge in [-0.3, -0.25) is 10.1 Å². The van der Waals surface area contributed by atoms with Crippen LogP contribution in [0.2, 0.25) is 0 Å². The summed E-state index contributed by atoms with van der Waals surface area (Å²) in [5.41, 5.74) is 7.99. The van der Waals surface area contributed by atoms with Crippen LogP contribution in [0.1, 0.15) is 33.5 Å². The smallest absolute Gasteiger partial charge is 0.315 e. The molecule has 1 heterocycles. The molecule has 0 unspecified atom stereocenters. The predicted octanol–water partition coefficient (Wildman–Crippen LogP) is 3.81. The summed E-state index contributed by atoms with van der Waals surface area (Å²) < 4.78 is 5.42. The van der Waals surface area contributed by atoms with E-state index in [1.807, 2.05) is 34.0 Å². The van der Waals surface area contributed by atoms with Gasteiger partial charge in [-0.2, -0.15) is 0 Å². The Morgan fingerprint density at radius 2 is 1.40 bits per heavy atom. The monoisotopic (exact) mass is 725 g/mol. The summed E-state index contributed by atoms with van der Waals surface area (Å²) in [5.74, 6) is 0.527. The summed E-state index contributed by atoms with van der Waals surface area (Å²) in [6, 6.07) is 25.0. The lowest BCUT2D eigenvalue weighted by atomic mass is 9.98. The van der Waals surface area contributed by atoms with E-state index in [4.69, 9.17) is 4.74 Å². The molecule has 0 spiro atoms. The molecule has 282 valence electrons. The van der Waals surface area contributed by atoms with Crippen molar-refractivity contribution in [2.75, 3.05) is 48.4 Å². The van der Waals surface area contributed by atoms with Crippen LogP contribution < -0.4 is 30.9 Å². The highest BCUT2D eigenvalue weighted by molar-refractivity contribution is 5.74. The van der Waals surface area contributed by atoms with E-state index in [9.17, 15) is 19.7 Å². The van der Waals surface area contributed by atoms with E-state index in [1.165, 1.54) is 28.2 Å². The Morgan fingerprint density at radius 3 is 1.96 bits per heavy atom. The number of benzene rings is 3. The van der Waals surface area contributed by atoms with Crippen LogP contribution >= 0.6 is 0 Å². The SMILES string of the molecule is COc1nc(C)cc(C)c1CNC(=O)NC[C@@H](Cc1ccc(-c2ccc(C[C@@H](CNC(=O)NCc3cccc([N+](=O)[O-])c3)[NH+](C)C)cc2)cc1)N(C)C. The van der Waals surface area contributed by atoms with Gasteiger partial charge in [0.2, 0.25) is 5.88 Å². The largest absolute Gasteiger partial charge is 0.481 e. The van der Waals surface area contributed by atoms with Crippen molar-refractivity contribution in [3.63, 3.8) is 0 Å². The number of non-ortho nitro benzene ring substituents is 1. The molecule has 4 aromatic rings. The van der Waals surface area contributed by atoms with Crippen LogP contribution in [-0.4, -0.2) is 87.3 Å². The molecule has 0 saturated carbocycles. The summed E-state index contributed by atoms with van der Waals surface area (Å²) in [6.45, 7) is 5.38. The Hall–Kier alpha value is -5.53. The summed E-state index contributed by atoms with van der Waals surface area (Å²) in [6.07, 6.45) is 1.55. The van der Waals surface area contributed by atoms with Gasteiger partial charge in [-0.1, -0.05) is 60.7 Å². The molecule has 0 bridgehead atoms. The van der Waals surface area contributed by atoms with E-state index in [2.05, 4.69) is 93.8 Å². The van der Waals surface area contributed by atoms with Crippen molar-refractivity contribution < 1.29 is 24.1 Å². The quantitative estimate of drug-likeness (QED) is 0.0820. The minimum Gasteiger partial charge on any atom is -0.481 e. The third-order valence-corrected chi connectivity index (χ3v) is 9.38. The lowest BCUT2D eigenvalue weighted by Crippen LogP contribution is -3.11. The second-order valence-corrected chi connectivity index (χ2v) is 13.8. The van der Waals surface area contributed by atoms with Gasteiger partial charge in [-0.15, -0.1) is 0 Å². The molecule has 53 heavy (non-hydrogen) atoms. The zero-order chi connectivity index (χ0) is 38.5. The Bertz CT molecular complexity index is 1830. The number of nitrogens with one attached hydrogen (secondary N) is 5. The molecule has 1 aromatic heterocycles. The van der Waals surface area contributed by atoms with Gasteiger partial charge in [0, 0.05) is 48.9 Å². The van der Waals surface area contributed by atoms with E-state index in [-0.39, 0.29) is 36.4 Å². The van der Waals surface area contributed by atoms with Crippen LogP contribution in [0, 0.1) is 24.0 Å². The van der Waals surface area contributed by atoms with Gasteiger partial charge in [0.15, 0.2) is 0 Å². The van der Waals surface area contributed by atoms with Gasteiger partial charge in [0.25, 0.3) is 5.69 Å². The summed E-state index contributed by atoms with van der Waals surface area (Å²) in [4.78, 5) is 43.5. The number of methoxy groups -OCH3 is 1. The van der Waals surface area contributed by atoms with Crippen molar-refractivity contribution in [1.82, 2.24) is 31.2 Å². The highest BCUT2D eigenvalue weighted by Crippen LogP contribution is 2.22. The van der Waals surface area contributed by atoms with Crippen LogP contribution in [0.4, 0.5) is 15.3 Å². The Labute approximate surface area is 312 Å². The second-order valence-electron chi connectivity index (χ2n) is 13.8. The average molecular weight is 726 g/mol. The second kappa shape index (κ2) is 19.3. The molecule has 0 radical (unpaired) electrons. The number of pyridine rings is 1. The van der Waals surface area contributed by atoms with E-state index < -0.39 is 4.92 Å². The van der Waals surface area contributed by atoms with Crippen LogP contribution in [0.5, 0.6) is 5.88 Å². The number of hydrogen-bond acceptors (Lipinski definition) is 7. The molecule has 5 N–H and O–H groups in total. The maximum atomic E-state index is 12.7. The highest BCUT2D eigenvalue weighted by atomic mass is 16.6. The number of amides is 4. The van der Waals surface area contributed by atoms with E-state index >= 15 is 0 Å². The Balaban J connectivity index is 1.25. The van der Waals surface area contributed by atoms with Crippen LogP contribution in [0.25, 0.3) is 11.1 Å². The zero-order valence-corrected chi connectivity index (χ0v) is 31.8. The fraction of sp³-hybridized carbons (Fsp3) is 0.375. The van der Waals surface area contributed by atoms with Gasteiger partial charge in [-0.25, -0.2) is 14.6 Å². The van der Waals surface area contributed by atoms with E-state index in [0.29, 0.717) is 31.1 Å². The van der Waals surface area contributed by atoms with Crippen molar-refractivity contribution in [2.45, 2.75) is 51.9 Å². The molecule has 3 aromatic carbocycles. The molecule has 0 aliphatic rings. The van der Waals surface area contributed by atoms with E-state index in [1.54, 1.807) is 19.2 Å². The molecule has 13 nitrogen and oxygen atoms in total. The maximum absolute atomic E-state index is 12.7. The van der Waals surface area contributed by atoms with Crippen molar-refractivity contribution in [3.8, 4) is 17.0 Å². The summed E-state index contributed by atoms with van der Waals surface area (Å²) >= 11 is 0. The van der Waals surface area contributed by atoms with Crippen LogP contribution in [-0.2, 0) is 25.9 Å². The molecule has 0 aliphatic heterocycles. The lowest BCUT2D eigenvalue weighted by molar-refractivity contribution is -0.884. The number of likely N-dealkylation sites (N-methyl/N-ethyl adjacent to an activating group) is 2. The standard InChI is InChI=1S/C40H52N8O5/c1-27-19-28(2)45-38(53-7)37(27)26-44-40(50)43-25-36(47(5)6)21-30-13-17-33(18-14-30)32-15-11-29(12-16-32)20-35(46(3)4)24-42-39(49)41-23-31-9-8-10-34(22-31)48(51)52/h8-19,22,35-36H,20-21,23-26H2,1-7H3,(H2,41,42,49)(H2,43,44,50)/p+1/t35-,36+/m0/s1. The maximum Gasteiger partial charge on any atom is 0.315 e. The van der Waals surface area contributed by atoms with Gasteiger partial charge in [0.1, 0.15) is 6.04 Å². The molecule has 0 fully saturated rings. The van der Waals surface area contributed by atoms with Gasteiger partial charge in [0.05, 0.1) is 39.2 Å². The number of aromatic nitrogens is 1. The molecule has 0 aliphatic carbocycles. The highest BCUT2D eigenvalue weighted by Gasteiger charge is 2.18. The van der Waals surface area contributed by atoms with Crippen LogP contribution in [0.3, 0.4) is 0 Å². The average Bonchev–Trinajstić information content (AvgIpc) is 3.13. The molecular weight excluding hydrogens is 672 g/mol. The summed E-state index contributed by atoms with van der Waals surface area (Å²) in [7, 11) is 9.75. The molecule has 4 amide bonds. The first kappa shape index (κ1) is 40.2. The number of urea groups is 2. The molecule has 13 heteroatoms. The number of rotatable bonds is 17. The molecule has 2 atom stereocenters. The van der Waals surface area contributed by atoms with Gasteiger partial charge >= 0.3 is 12.1 Å². The third kappa shape index (κ3) is 12.3. The minimum atomic E-state index is -0.449. The normalized spacial score (nSPS) is 12.2.